The highest BCUT2D eigenvalue weighted by atomic mass is 16.5. The molecule has 0 saturated heterocycles. The molecule has 0 fully saturated rings. The third kappa shape index (κ3) is 6.05. The molecule has 0 radical (unpaired) electrons. The summed E-state index contributed by atoms with van der Waals surface area (Å²) in [5.41, 5.74) is 2.58. The van der Waals surface area contributed by atoms with E-state index in [0.717, 1.165) is 5.56 Å². The van der Waals surface area contributed by atoms with Gasteiger partial charge >= 0.3 is 5.97 Å². The zero-order valence-electron chi connectivity index (χ0n) is 21.5. The SMILES string of the molecule is CCOC(=O)CCCNC(=O)C1=C(O)c2cc(-c3cccc(OC)c3)c(=O)[nH]c2CN1Cc1ccccc1. The Labute approximate surface area is 220 Å². The van der Waals surface area contributed by atoms with E-state index in [2.05, 4.69) is 10.3 Å². The molecule has 0 saturated carbocycles. The van der Waals surface area contributed by atoms with E-state index < -0.39 is 5.91 Å². The number of rotatable bonds is 10. The van der Waals surface area contributed by atoms with Crippen LogP contribution in [0.3, 0.4) is 0 Å². The van der Waals surface area contributed by atoms with Crippen LogP contribution in [-0.2, 0) is 27.4 Å². The molecule has 38 heavy (non-hydrogen) atoms. The lowest BCUT2D eigenvalue weighted by molar-refractivity contribution is -0.143. The molecular formula is C29H31N3O6. The highest BCUT2D eigenvalue weighted by molar-refractivity contribution is 6.00. The number of hydrogen-bond donors (Lipinski definition) is 3. The van der Waals surface area contributed by atoms with Gasteiger partial charge in [0.25, 0.3) is 11.5 Å². The number of ether oxygens (including phenoxy) is 2. The Morgan fingerprint density at radius 1 is 1.08 bits per heavy atom. The summed E-state index contributed by atoms with van der Waals surface area (Å²) in [4.78, 5) is 42.6. The maximum absolute atomic E-state index is 13.3. The smallest absolute Gasteiger partial charge is 0.305 e. The van der Waals surface area contributed by atoms with E-state index in [-0.39, 0.29) is 42.5 Å². The second kappa shape index (κ2) is 12.1. The van der Waals surface area contributed by atoms with Gasteiger partial charge in [-0.15, -0.1) is 0 Å². The monoisotopic (exact) mass is 517 g/mol. The number of esters is 1. The van der Waals surface area contributed by atoms with Crippen molar-refractivity contribution in [3.63, 3.8) is 0 Å². The summed E-state index contributed by atoms with van der Waals surface area (Å²) in [5.74, 6) is -0.431. The molecule has 3 aromatic rings. The Kier molecular flexibility index (Phi) is 8.47. The Morgan fingerprint density at radius 3 is 2.61 bits per heavy atom. The maximum atomic E-state index is 13.3. The van der Waals surface area contributed by atoms with E-state index >= 15 is 0 Å². The average Bonchev–Trinajstić information content (AvgIpc) is 2.91. The van der Waals surface area contributed by atoms with Crippen LogP contribution in [0.1, 0.15) is 36.6 Å². The number of aliphatic hydroxyl groups excluding tert-OH is 1. The number of methoxy groups -OCH3 is 1. The molecule has 1 amide bonds. The summed E-state index contributed by atoms with van der Waals surface area (Å²) in [6.07, 6.45) is 0.585. The minimum absolute atomic E-state index is 0.0983. The summed E-state index contributed by atoms with van der Waals surface area (Å²) >= 11 is 0. The number of H-pyrrole nitrogens is 1. The zero-order valence-corrected chi connectivity index (χ0v) is 21.5. The van der Waals surface area contributed by atoms with E-state index in [9.17, 15) is 19.5 Å². The van der Waals surface area contributed by atoms with Crippen molar-refractivity contribution in [3.05, 3.63) is 93.5 Å². The van der Waals surface area contributed by atoms with Crippen LogP contribution < -0.4 is 15.6 Å². The molecule has 9 heteroatoms. The van der Waals surface area contributed by atoms with Gasteiger partial charge in [-0.25, -0.2) is 0 Å². The molecule has 0 spiro atoms. The molecule has 0 aliphatic carbocycles. The highest BCUT2D eigenvalue weighted by Crippen LogP contribution is 2.32. The first-order chi connectivity index (χ1) is 18.4. The van der Waals surface area contributed by atoms with Crippen molar-refractivity contribution in [2.24, 2.45) is 0 Å². The number of aromatic nitrogens is 1. The minimum atomic E-state index is -0.470. The molecule has 1 aliphatic rings. The Morgan fingerprint density at radius 2 is 1.87 bits per heavy atom. The lowest BCUT2D eigenvalue weighted by Crippen LogP contribution is -2.39. The van der Waals surface area contributed by atoms with Gasteiger partial charge in [0.2, 0.25) is 0 Å². The predicted molar refractivity (Wildman–Crippen MR) is 143 cm³/mol. The number of nitrogens with one attached hydrogen (secondary N) is 2. The fourth-order valence-corrected chi connectivity index (χ4v) is 4.40. The second-order valence-electron chi connectivity index (χ2n) is 8.84. The molecule has 2 aromatic carbocycles. The van der Waals surface area contributed by atoms with Gasteiger partial charge in [0.1, 0.15) is 11.4 Å². The van der Waals surface area contributed by atoms with Crippen LogP contribution in [0.2, 0.25) is 0 Å². The first kappa shape index (κ1) is 26.5. The van der Waals surface area contributed by atoms with Crippen molar-refractivity contribution >= 4 is 17.6 Å². The van der Waals surface area contributed by atoms with Crippen LogP contribution in [0.15, 0.2) is 71.2 Å². The van der Waals surface area contributed by atoms with Crippen LogP contribution in [0.5, 0.6) is 5.75 Å². The summed E-state index contributed by atoms with van der Waals surface area (Å²) in [7, 11) is 1.55. The van der Waals surface area contributed by atoms with E-state index in [1.165, 1.54) is 0 Å². The van der Waals surface area contributed by atoms with Crippen molar-refractivity contribution in [1.82, 2.24) is 15.2 Å². The number of amides is 1. The fraction of sp³-hybridized carbons (Fsp3) is 0.276. The van der Waals surface area contributed by atoms with Crippen LogP contribution in [0, 0.1) is 0 Å². The predicted octanol–water partition coefficient (Wildman–Crippen LogP) is 3.75. The number of pyridine rings is 1. The highest BCUT2D eigenvalue weighted by Gasteiger charge is 2.31. The number of aliphatic hydroxyl groups is 1. The zero-order chi connectivity index (χ0) is 27.1. The van der Waals surface area contributed by atoms with Crippen LogP contribution >= 0.6 is 0 Å². The minimum Gasteiger partial charge on any atom is -0.505 e. The fourth-order valence-electron chi connectivity index (χ4n) is 4.40. The van der Waals surface area contributed by atoms with Crippen molar-refractivity contribution in [3.8, 4) is 16.9 Å². The van der Waals surface area contributed by atoms with Gasteiger partial charge < -0.3 is 29.8 Å². The van der Waals surface area contributed by atoms with Crippen LogP contribution in [0.25, 0.3) is 16.9 Å². The normalized spacial score (nSPS) is 12.6. The third-order valence-corrected chi connectivity index (χ3v) is 6.23. The van der Waals surface area contributed by atoms with Gasteiger partial charge in [0, 0.05) is 36.3 Å². The largest absolute Gasteiger partial charge is 0.505 e. The van der Waals surface area contributed by atoms with Gasteiger partial charge in [-0.05, 0) is 42.7 Å². The summed E-state index contributed by atoms with van der Waals surface area (Å²) in [6.45, 7) is 2.84. The Hall–Kier alpha value is -4.53. The van der Waals surface area contributed by atoms with E-state index in [1.807, 2.05) is 30.3 Å². The third-order valence-electron chi connectivity index (χ3n) is 6.23. The molecule has 3 N–H and O–H groups in total. The topological polar surface area (TPSA) is 121 Å². The average molecular weight is 518 g/mol. The second-order valence-corrected chi connectivity index (χ2v) is 8.84. The van der Waals surface area contributed by atoms with Crippen LogP contribution in [-0.4, -0.2) is 47.1 Å². The van der Waals surface area contributed by atoms with Gasteiger partial charge in [-0.1, -0.05) is 42.5 Å². The molecule has 9 nitrogen and oxygen atoms in total. The van der Waals surface area contributed by atoms with Crippen molar-refractivity contribution in [2.75, 3.05) is 20.3 Å². The van der Waals surface area contributed by atoms with Gasteiger partial charge in [-0.2, -0.15) is 0 Å². The number of aromatic amines is 1. The number of carbonyl (C=O) groups excluding carboxylic acids is 2. The molecule has 0 unspecified atom stereocenters. The molecule has 4 rings (SSSR count). The van der Waals surface area contributed by atoms with Crippen molar-refractivity contribution < 1.29 is 24.2 Å². The molecule has 198 valence electrons. The number of hydrogen-bond acceptors (Lipinski definition) is 7. The summed E-state index contributed by atoms with van der Waals surface area (Å²) in [5, 5.41) is 14.2. The quantitative estimate of drug-likeness (QED) is 0.277. The molecular weight excluding hydrogens is 486 g/mol. The number of nitrogens with zero attached hydrogens (tertiary/aromatic N) is 1. The summed E-state index contributed by atoms with van der Waals surface area (Å²) in [6, 6.07) is 18.2. The molecule has 1 aromatic heterocycles. The number of carbonyl (C=O) groups is 2. The summed E-state index contributed by atoms with van der Waals surface area (Å²) < 4.78 is 10.2. The van der Waals surface area contributed by atoms with E-state index in [1.54, 1.807) is 49.3 Å². The lowest BCUT2D eigenvalue weighted by Gasteiger charge is -2.32. The molecule has 0 bridgehead atoms. The van der Waals surface area contributed by atoms with Gasteiger partial charge in [-0.3, -0.25) is 14.4 Å². The standard InChI is InChI=1S/C29H31N3O6/c1-3-38-25(33)13-8-14-30-29(36)26-27(34)23-16-22(20-11-7-12-21(15-20)37-2)28(35)31-24(23)18-32(26)17-19-9-5-4-6-10-19/h4-7,9-12,15-16,34H,3,8,13-14,17-18H2,1-2H3,(H,30,36)(H,31,35). The first-order valence-electron chi connectivity index (χ1n) is 12.5. The van der Waals surface area contributed by atoms with E-state index in [4.69, 9.17) is 9.47 Å². The first-order valence-corrected chi connectivity index (χ1v) is 12.5. The Balaban J connectivity index is 1.67. The van der Waals surface area contributed by atoms with Crippen LogP contribution in [0.4, 0.5) is 0 Å². The molecule has 1 aliphatic heterocycles. The Bertz CT molecular complexity index is 1400. The van der Waals surface area contributed by atoms with E-state index in [0.29, 0.717) is 47.7 Å². The molecule has 2 heterocycles. The van der Waals surface area contributed by atoms with Gasteiger partial charge in [0.05, 0.1) is 20.3 Å². The number of fused-ring (bicyclic) bond motifs is 1. The van der Waals surface area contributed by atoms with Crippen molar-refractivity contribution in [1.29, 1.82) is 0 Å². The maximum Gasteiger partial charge on any atom is 0.305 e. The lowest BCUT2D eigenvalue weighted by atomic mass is 9.98. The number of benzene rings is 2. The van der Waals surface area contributed by atoms with Crippen molar-refractivity contribution in [2.45, 2.75) is 32.9 Å². The van der Waals surface area contributed by atoms with Gasteiger partial charge in [0.15, 0.2) is 5.76 Å². The molecule has 0 atom stereocenters.